The molecular formula is C5H6Cl2. The summed E-state index contributed by atoms with van der Waals surface area (Å²) >= 11 is 10.6. The van der Waals surface area contributed by atoms with E-state index >= 15 is 0 Å². The summed E-state index contributed by atoms with van der Waals surface area (Å²) in [7, 11) is 0. The lowest BCUT2D eigenvalue weighted by Crippen LogP contribution is -1.72. The standard InChI is InChI=1S/C5H6Cl2/c1-2-5(3-6)4-7/h2-3H,1,4H2/b5-3-. The van der Waals surface area contributed by atoms with Gasteiger partial charge in [-0.05, 0) is 5.57 Å². The molecule has 0 rings (SSSR count). The van der Waals surface area contributed by atoms with Gasteiger partial charge in [-0.15, -0.1) is 11.6 Å². The van der Waals surface area contributed by atoms with E-state index in [2.05, 4.69) is 6.58 Å². The summed E-state index contributed by atoms with van der Waals surface area (Å²) < 4.78 is 0. The predicted octanol–water partition coefficient (Wildman–Crippen LogP) is 2.53. The minimum absolute atomic E-state index is 0.438. The van der Waals surface area contributed by atoms with E-state index < -0.39 is 0 Å². The van der Waals surface area contributed by atoms with Gasteiger partial charge in [0.25, 0.3) is 0 Å². The third kappa shape index (κ3) is 2.72. The van der Waals surface area contributed by atoms with E-state index in [0.29, 0.717) is 5.88 Å². The molecule has 0 aromatic rings. The van der Waals surface area contributed by atoms with E-state index in [1.54, 1.807) is 6.08 Å². The van der Waals surface area contributed by atoms with Crippen molar-refractivity contribution in [1.82, 2.24) is 0 Å². The first-order chi connectivity index (χ1) is 3.35. The molecule has 0 saturated carbocycles. The van der Waals surface area contributed by atoms with E-state index in [1.807, 2.05) is 0 Å². The highest BCUT2D eigenvalue weighted by Gasteiger charge is 1.81. The van der Waals surface area contributed by atoms with Crippen molar-refractivity contribution in [2.75, 3.05) is 5.88 Å². The van der Waals surface area contributed by atoms with Crippen LogP contribution in [0.3, 0.4) is 0 Å². The second-order valence-corrected chi connectivity index (χ2v) is 1.51. The molecule has 0 bridgehead atoms. The smallest absolute Gasteiger partial charge is 0.0482 e. The highest BCUT2D eigenvalue weighted by molar-refractivity contribution is 6.27. The zero-order valence-corrected chi connectivity index (χ0v) is 5.34. The minimum atomic E-state index is 0.438. The average molecular weight is 137 g/mol. The van der Waals surface area contributed by atoms with Gasteiger partial charge in [-0.25, -0.2) is 0 Å². The Kier molecular flexibility index (Phi) is 4.26. The van der Waals surface area contributed by atoms with Crippen molar-refractivity contribution in [2.45, 2.75) is 0 Å². The molecule has 0 unspecified atom stereocenters. The molecule has 0 aliphatic heterocycles. The van der Waals surface area contributed by atoms with Gasteiger partial charge in [0.05, 0.1) is 0 Å². The molecule has 0 heterocycles. The maximum Gasteiger partial charge on any atom is 0.0482 e. The van der Waals surface area contributed by atoms with Crippen molar-refractivity contribution in [3.05, 3.63) is 23.8 Å². The number of rotatable bonds is 2. The van der Waals surface area contributed by atoms with E-state index in [-0.39, 0.29) is 0 Å². The number of allylic oxidation sites excluding steroid dienone is 2. The van der Waals surface area contributed by atoms with Gasteiger partial charge in [-0.2, -0.15) is 0 Å². The summed E-state index contributed by atoms with van der Waals surface area (Å²) in [5.74, 6) is 0.438. The van der Waals surface area contributed by atoms with Gasteiger partial charge in [-0.1, -0.05) is 24.3 Å². The van der Waals surface area contributed by atoms with Crippen molar-refractivity contribution in [1.29, 1.82) is 0 Å². The maximum absolute atomic E-state index is 5.34. The van der Waals surface area contributed by atoms with E-state index in [9.17, 15) is 0 Å². The summed E-state index contributed by atoms with van der Waals surface area (Å²) in [5.41, 5.74) is 2.27. The van der Waals surface area contributed by atoms with Gasteiger partial charge in [0.1, 0.15) is 0 Å². The van der Waals surface area contributed by atoms with Crippen molar-refractivity contribution < 1.29 is 0 Å². The van der Waals surface area contributed by atoms with Crippen LogP contribution in [0.15, 0.2) is 23.8 Å². The molecule has 0 nitrogen and oxygen atoms in total. The summed E-state index contributed by atoms with van der Waals surface area (Å²) in [5, 5.41) is 0. The van der Waals surface area contributed by atoms with Crippen molar-refractivity contribution in [2.24, 2.45) is 0 Å². The van der Waals surface area contributed by atoms with Crippen LogP contribution in [0.25, 0.3) is 0 Å². The van der Waals surface area contributed by atoms with Crippen LogP contribution in [0.1, 0.15) is 0 Å². The summed E-state index contributed by atoms with van der Waals surface area (Å²) in [6, 6.07) is 0. The molecule has 0 amide bonds. The highest BCUT2D eigenvalue weighted by Crippen LogP contribution is 1.99. The number of hydrogen-bond donors (Lipinski definition) is 0. The Morgan fingerprint density at radius 3 is 2.29 bits per heavy atom. The van der Waals surface area contributed by atoms with Crippen LogP contribution in [0.5, 0.6) is 0 Å². The zero-order valence-electron chi connectivity index (χ0n) is 3.82. The van der Waals surface area contributed by atoms with Crippen molar-refractivity contribution >= 4 is 23.2 Å². The average Bonchev–Trinajstić information content (AvgIpc) is 1.72. The van der Waals surface area contributed by atoms with Crippen molar-refractivity contribution in [3.63, 3.8) is 0 Å². The van der Waals surface area contributed by atoms with Gasteiger partial charge in [0.15, 0.2) is 0 Å². The molecule has 0 spiro atoms. The Balaban J connectivity index is 3.60. The first-order valence-corrected chi connectivity index (χ1v) is 2.80. The van der Waals surface area contributed by atoms with E-state index in [4.69, 9.17) is 23.2 Å². The monoisotopic (exact) mass is 136 g/mol. The Bertz CT molecular complexity index is 84.1. The van der Waals surface area contributed by atoms with Crippen LogP contribution >= 0.6 is 23.2 Å². The van der Waals surface area contributed by atoms with Gasteiger partial charge >= 0.3 is 0 Å². The lowest BCUT2D eigenvalue weighted by molar-refractivity contribution is 1.57. The Morgan fingerprint density at radius 2 is 2.29 bits per heavy atom. The first kappa shape index (κ1) is 7.06. The molecule has 0 aliphatic rings. The SMILES string of the molecule is C=C/C(=C/Cl)CCl. The molecule has 0 aliphatic carbocycles. The Morgan fingerprint density at radius 1 is 1.71 bits per heavy atom. The molecule has 0 fully saturated rings. The Labute approximate surface area is 53.4 Å². The van der Waals surface area contributed by atoms with Crippen LogP contribution in [-0.2, 0) is 0 Å². The van der Waals surface area contributed by atoms with Gasteiger partial charge in [0.2, 0.25) is 0 Å². The summed E-state index contributed by atoms with van der Waals surface area (Å²) in [6.07, 6.45) is 1.62. The molecule has 0 saturated heterocycles. The normalized spacial score (nSPS) is 11.4. The number of alkyl halides is 1. The van der Waals surface area contributed by atoms with Crippen LogP contribution in [0, 0.1) is 0 Å². The van der Waals surface area contributed by atoms with E-state index in [1.165, 1.54) is 5.54 Å². The van der Waals surface area contributed by atoms with Gasteiger partial charge < -0.3 is 0 Å². The number of hydrogen-bond acceptors (Lipinski definition) is 0. The summed E-state index contributed by atoms with van der Waals surface area (Å²) in [6.45, 7) is 3.47. The van der Waals surface area contributed by atoms with E-state index in [0.717, 1.165) is 5.57 Å². The highest BCUT2D eigenvalue weighted by atomic mass is 35.5. The molecule has 0 radical (unpaired) electrons. The maximum atomic E-state index is 5.34. The van der Waals surface area contributed by atoms with Crippen molar-refractivity contribution in [3.8, 4) is 0 Å². The van der Waals surface area contributed by atoms with Crippen LogP contribution in [-0.4, -0.2) is 5.88 Å². The fraction of sp³-hybridized carbons (Fsp3) is 0.200. The fourth-order valence-electron chi connectivity index (χ4n) is 0.128. The van der Waals surface area contributed by atoms with Gasteiger partial charge in [-0.3, -0.25) is 0 Å². The topological polar surface area (TPSA) is 0 Å². The minimum Gasteiger partial charge on any atom is -0.122 e. The number of halogens is 2. The fourth-order valence-corrected chi connectivity index (χ4v) is 0.560. The largest absolute Gasteiger partial charge is 0.122 e. The lowest BCUT2D eigenvalue weighted by atomic mass is 10.4. The molecule has 0 atom stereocenters. The molecule has 0 aromatic heterocycles. The quantitative estimate of drug-likeness (QED) is 0.405. The van der Waals surface area contributed by atoms with Crippen LogP contribution < -0.4 is 0 Å². The summed E-state index contributed by atoms with van der Waals surface area (Å²) in [4.78, 5) is 0. The molecule has 0 N–H and O–H groups in total. The second kappa shape index (κ2) is 4.23. The van der Waals surface area contributed by atoms with Crippen LogP contribution in [0.2, 0.25) is 0 Å². The lowest BCUT2D eigenvalue weighted by Gasteiger charge is -1.84. The molecular weight excluding hydrogens is 131 g/mol. The Hall–Kier alpha value is 0.0600. The zero-order chi connectivity index (χ0) is 5.70. The molecule has 40 valence electrons. The predicted molar refractivity (Wildman–Crippen MR) is 34.9 cm³/mol. The third-order valence-corrected chi connectivity index (χ3v) is 1.15. The second-order valence-electron chi connectivity index (χ2n) is 1.02. The third-order valence-electron chi connectivity index (χ3n) is 0.557. The first-order valence-electron chi connectivity index (χ1n) is 1.82. The van der Waals surface area contributed by atoms with Crippen LogP contribution in [0.4, 0.5) is 0 Å². The molecule has 2 heteroatoms. The van der Waals surface area contributed by atoms with Gasteiger partial charge in [0, 0.05) is 11.4 Å². The molecule has 0 aromatic carbocycles. The molecule has 7 heavy (non-hydrogen) atoms.